The molecule has 0 aromatic carbocycles. The third kappa shape index (κ3) is 4.42. The highest BCUT2D eigenvalue weighted by Gasteiger charge is 2.30. The number of aliphatic imine (C=N–C) groups is 1. The van der Waals surface area contributed by atoms with Crippen LogP contribution in [0.3, 0.4) is 0 Å². The Bertz CT molecular complexity index is 734. The summed E-state index contributed by atoms with van der Waals surface area (Å²) in [5, 5.41) is 3.47. The molecule has 0 bridgehead atoms. The Hall–Kier alpha value is -2.12. The van der Waals surface area contributed by atoms with Crippen molar-refractivity contribution in [3.63, 3.8) is 0 Å². The van der Waals surface area contributed by atoms with E-state index in [9.17, 15) is 0 Å². The lowest BCUT2D eigenvalue weighted by Gasteiger charge is -2.32. The van der Waals surface area contributed by atoms with Gasteiger partial charge in [0.05, 0.1) is 18.9 Å². The SMILES string of the molecule is CCNC(=NCCc1cn2ccccc2n1)N1CCC(N2CCOCC2)C1. The van der Waals surface area contributed by atoms with Crippen LogP contribution in [0.2, 0.25) is 0 Å². The minimum Gasteiger partial charge on any atom is -0.379 e. The molecule has 4 heterocycles. The van der Waals surface area contributed by atoms with Gasteiger partial charge in [0.2, 0.25) is 0 Å². The highest BCUT2D eigenvalue weighted by Crippen LogP contribution is 2.17. The zero-order valence-corrected chi connectivity index (χ0v) is 16.2. The van der Waals surface area contributed by atoms with E-state index >= 15 is 0 Å². The molecule has 2 aromatic heterocycles. The number of hydrogen-bond acceptors (Lipinski definition) is 4. The van der Waals surface area contributed by atoms with Crippen molar-refractivity contribution in [2.75, 3.05) is 52.5 Å². The van der Waals surface area contributed by atoms with Crippen molar-refractivity contribution in [2.45, 2.75) is 25.8 Å². The molecule has 0 saturated carbocycles. The van der Waals surface area contributed by atoms with E-state index in [4.69, 9.17) is 9.73 Å². The summed E-state index contributed by atoms with van der Waals surface area (Å²) in [6.45, 7) is 9.75. The smallest absolute Gasteiger partial charge is 0.193 e. The number of pyridine rings is 1. The van der Waals surface area contributed by atoms with Gasteiger partial charge in [0.1, 0.15) is 5.65 Å². The summed E-state index contributed by atoms with van der Waals surface area (Å²) in [6, 6.07) is 6.70. The Balaban J connectivity index is 1.35. The first kappa shape index (κ1) is 18.3. The third-order valence-electron chi connectivity index (χ3n) is 5.40. The summed E-state index contributed by atoms with van der Waals surface area (Å²) in [5.41, 5.74) is 2.09. The van der Waals surface area contributed by atoms with Crippen LogP contribution in [0, 0.1) is 0 Å². The maximum absolute atomic E-state index is 5.49. The average Bonchev–Trinajstić information content (AvgIpc) is 3.35. The highest BCUT2D eigenvalue weighted by molar-refractivity contribution is 5.80. The number of guanidine groups is 1. The summed E-state index contributed by atoms with van der Waals surface area (Å²) in [7, 11) is 0. The molecule has 146 valence electrons. The average molecular weight is 371 g/mol. The van der Waals surface area contributed by atoms with E-state index in [1.54, 1.807) is 0 Å². The number of hydrogen-bond donors (Lipinski definition) is 1. The lowest BCUT2D eigenvalue weighted by atomic mass is 10.2. The molecule has 0 aliphatic carbocycles. The third-order valence-corrected chi connectivity index (χ3v) is 5.40. The minimum absolute atomic E-state index is 0.621. The predicted molar refractivity (Wildman–Crippen MR) is 107 cm³/mol. The van der Waals surface area contributed by atoms with Crippen LogP contribution >= 0.6 is 0 Å². The van der Waals surface area contributed by atoms with Gasteiger partial charge in [-0.05, 0) is 25.5 Å². The first-order valence-electron chi connectivity index (χ1n) is 10.1. The molecule has 0 radical (unpaired) electrons. The van der Waals surface area contributed by atoms with Crippen molar-refractivity contribution in [1.29, 1.82) is 0 Å². The van der Waals surface area contributed by atoms with Crippen LogP contribution in [-0.4, -0.2) is 83.7 Å². The number of imidazole rings is 1. The van der Waals surface area contributed by atoms with Crippen molar-refractivity contribution in [3.05, 3.63) is 36.3 Å². The summed E-state index contributed by atoms with van der Waals surface area (Å²) < 4.78 is 7.56. The quantitative estimate of drug-likeness (QED) is 0.634. The molecule has 0 amide bonds. The Morgan fingerprint density at radius 2 is 2.19 bits per heavy atom. The van der Waals surface area contributed by atoms with Crippen molar-refractivity contribution < 1.29 is 4.74 Å². The van der Waals surface area contributed by atoms with E-state index in [-0.39, 0.29) is 0 Å². The number of nitrogens with one attached hydrogen (secondary N) is 1. The lowest BCUT2D eigenvalue weighted by Crippen LogP contribution is -2.46. The molecule has 4 rings (SSSR count). The van der Waals surface area contributed by atoms with Crippen LogP contribution in [-0.2, 0) is 11.2 Å². The van der Waals surface area contributed by atoms with Gasteiger partial charge in [0.25, 0.3) is 0 Å². The van der Waals surface area contributed by atoms with Gasteiger partial charge in [0, 0.05) is 64.1 Å². The maximum atomic E-state index is 5.49. The fourth-order valence-electron chi connectivity index (χ4n) is 3.98. The Morgan fingerprint density at radius 1 is 1.30 bits per heavy atom. The molecular weight excluding hydrogens is 340 g/mol. The second-order valence-corrected chi connectivity index (χ2v) is 7.22. The molecule has 2 fully saturated rings. The van der Waals surface area contributed by atoms with Crippen molar-refractivity contribution in [3.8, 4) is 0 Å². The van der Waals surface area contributed by atoms with Crippen molar-refractivity contribution in [1.82, 2.24) is 24.5 Å². The summed E-state index contributed by atoms with van der Waals surface area (Å²) in [4.78, 5) is 14.5. The van der Waals surface area contributed by atoms with E-state index in [0.29, 0.717) is 6.04 Å². The van der Waals surface area contributed by atoms with Gasteiger partial charge in [-0.1, -0.05) is 6.07 Å². The Kier molecular flexibility index (Phi) is 5.89. The standard InChI is InChI=1S/C20H30N6O/c1-2-21-20(26-10-7-18(16-26)24-11-13-27-14-12-24)22-8-6-17-15-25-9-4-3-5-19(25)23-17/h3-5,9,15,18H,2,6-8,10-14,16H2,1H3,(H,21,22). The molecule has 2 saturated heterocycles. The number of rotatable bonds is 5. The summed E-state index contributed by atoms with van der Waals surface area (Å²) >= 11 is 0. The van der Waals surface area contributed by atoms with E-state index in [1.807, 2.05) is 24.4 Å². The number of fused-ring (bicyclic) bond motifs is 1. The van der Waals surface area contributed by atoms with Crippen LogP contribution < -0.4 is 5.32 Å². The Morgan fingerprint density at radius 3 is 3.00 bits per heavy atom. The van der Waals surface area contributed by atoms with Crippen molar-refractivity contribution in [2.24, 2.45) is 4.99 Å². The van der Waals surface area contributed by atoms with E-state index in [1.165, 1.54) is 6.42 Å². The van der Waals surface area contributed by atoms with Gasteiger partial charge in [-0.3, -0.25) is 9.89 Å². The highest BCUT2D eigenvalue weighted by atomic mass is 16.5. The molecule has 1 atom stereocenters. The van der Waals surface area contributed by atoms with Gasteiger partial charge in [-0.15, -0.1) is 0 Å². The molecule has 2 aliphatic heterocycles. The van der Waals surface area contributed by atoms with E-state index in [0.717, 1.165) is 76.2 Å². The number of ether oxygens (including phenoxy) is 1. The number of aromatic nitrogens is 2. The normalized spacial score (nSPS) is 21.9. The Labute approximate surface area is 161 Å². The van der Waals surface area contributed by atoms with Gasteiger partial charge in [-0.25, -0.2) is 4.98 Å². The van der Waals surface area contributed by atoms with Gasteiger partial charge in [0.15, 0.2) is 5.96 Å². The topological polar surface area (TPSA) is 57.4 Å². The van der Waals surface area contributed by atoms with E-state index < -0.39 is 0 Å². The predicted octanol–water partition coefficient (Wildman–Crippen LogP) is 1.25. The first-order chi connectivity index (χ1) is 13.3. The zero-order chi connectivity index (χ0) is 18.5. The van der Waals surface area contributed by atoms with Gasteiger partial charge < -0.3 is 19.4 Å². The lowest BCUT2D eigenvalue weighted by molar-refractivity contribution is 0.0195. The fourth-order valence-corrected chi connectivity index (χ4v) is 3.98. The summed E-state index contributed by atoms with van der Waals surface area (Å²) in [6.07, 6.45) is 6.20. The number of likely N-dealkylation sites (tertiary alicyclic amines) is 1. The van der Waals surface area contributed by atoms with Gasteiger partial charge >= 0.3 is 0 Å². The van der Waals surface area contributed by atoms with Gasteiger partial charge in [-0.2, -0.15) is 0 Å². The fraction of sp³-hybridized carbons (Fsp3) is 0.600. The van der Waals surface area contributed by atoms with Crippen LogP contribution in [0.5, 0.6) is 0 Å². The number of nitrogens with zero attached hydrogens (tertiary/aromatic N) is 5. The number of morpholine rings is 1. The molecule has 2 aliphatic rings. The largest absolute Gasteiger partial charge is 0.379 e. The van der Waals surface area contributed by atoms with Crippen LogP contribution in [0.25, 0.3) is 5.65 Å². The van der Waals surface area contributed by atoms with Crippen molar-refractivity contribution >= 4 is 11.6 Å². The molecule has 1 N–H and O–H groups in total. The summed E-state index contributed by atoms with van der Waals surface area (Å²) in [5.74, 6) is 1.04. The second-order valence-electron chi connectivity index (χ2n) is 7.22. The monoisotopic (exact) mass is 370 g/mol. The molecule has 1 unspecified atom stereocenters. The minimum atomic E-state index is 0.621. The van der Waals surface area contributed by atoms with E-state index in [2.05, 4.69) is 37.6 Å². The van der Waals surface area contributed by atoms with Crippen LogP contribution in [0.4, 0.5) is 0 Å². The molecule has 0 spiro atoms. The first-order valence-corrected chi connectivity index (χ1v) is 10.1. The molecule has 27 heavy (non-hydrogen) atoms. The molecule has 2 aromatic rings. The zero-order valence-electron chi connectivity index (χ0n) is 16.2. The maximum Gasteiger partial charge on any atom is 0.193 e. The molecule has 7 heteroatoms. The van der Waals surface area contributed by atoms with Crippen LogP contribution in [0.1, 0.15) is 19.0 Å². The van der Waals surface area contributed by atoms with Crippen LogP contribution in [0.15, 0.2) is 35.6 Å². The molecular formula is C20H30N6O. The second kappa shape index (κ2) is 8.71. The molecule has 7 nitrogen and oxygen atoms in total.